The molecule has 0 aliphatic rings. The number of rotatable bonds is 2. The van der Waals surface area contributed by atoms with Crippen molar-refractivity contribution < 1.29 is 0 Å². The minimum Gasteiger partial charge on any atom is -0.193 e. The van der Waals surface area contributed by atoms with Gasteiger partial charge in [0.25, 0.3) is 0 Å². The van der Waals surface area contributed by atoms with Gasteiger partial charge in [0.15, 0.2) is 0 Å². The molecule has 66 valence electrons. The van der Waals surface area contributed by atoms with Gasteiger partial charge in [-0.25, -0.2) is 0 Å². The lowest BCUT2D eigenvalue weighted by Crippen LogP contribution is -1.72. The van der Waals surface area contributed by atoms with Crippen molar-refractivity contribution in [1.82, 2.24) is 0 Å². The molecule has 0 spiro atoms. The lowest BCUT2D eigenvalue weighted by Gasteiger charge is -1.97. The Morgan fingerprint density at radius 1 is 1.54 bits per heavy atom. The Balaban J connectivity index is 2.71. The van der Waals surface area contributed by atoms with Crippen LogP contribution in [0.2, 0.25) is 0 Å². The van der Waals surface area contributed by atoms with Crippen LogP contribution in [0.5, 0.6) is 0 Å². The van der Waals surface area contributed by atoms with Gasteiger partial charge in [-0.05, 0) is 31.4 Å². The van der Waals surface area contributed by atoms with Crippen molar-refractivity contribution in [1.29, 1.82) is 5.26 Å². The second-order valence-electron chi connectivity index (χ2n) is 2.85. The molecule has 0 amide bonds. The van der Waals surface area contributed by atoms with E-state index in [1.54, 1.807) is 11.8 Å². The van der Waals surface area contributed by atoms with Gasteiger partial charge in [0.1, 0.15) is 0 Å². The lowest BCUT2D eigenvalue weighted by atomic mass is 10.2. The zero-order valence-electron chi connectivity index (χ0n) is 7.74. The van der Waals surface area contributed by atoms with E-state index in [4.69, 9.17) is 5.26 Å². The van der Waals surface area contributed by atoms with E-state index >= 15 is 0 Å². The molecule has 0 unspecified atom stereocenters. The van der Waals surface area contributed by atoms with Crippen LogP contribution in [0.3, 0.4) is 0 Å². The summed E-state index contributed by atoms with van der Waals surface area (Å²) in [7, 11) is 0. The van der Waals surface area contributed by atoms with Crippen LogP contribution >= 0.6 is 11.8 Å². The Kier molecular flexibility index (Phi) is 3.60. The molecular weight excluding hydrogens is 178 g/mol. The van der Waals surface area contributed by atoms with Gasteiger partial charge in [0.05, 0.1) is 6.07 Å². The minimum atomic E-state index is 0.742. The van der Waals surface area contributed by atoms with Gasteiger partial charge < -0.3 is 0 Å². The summed E-state index contributed by atoms with van der Waals surface area (Å²) in [6.45, 7) is 3.87. The smallest absolute Gasteiger partial charge is 0.0949 e. The molecule has 0 fully saturated rings. The molecule has 0 bridgehead atoms. The largest absolute Gasteiger partial charge is 0.193 e. The number of thioether (sulfide) groups is 1. The van der Waals surface area contributed by atoms with Crippen molar-refractivity contribution in [3.8, 4) is 6.07 Å². The van der Waals surface area contributed by atoms with Crippen LogP contribution in [-0.4, -0.2) is 0 Å². The molecule has 1 aromatic carbocycles. The number of hydrogen-bond acceptors (Lipinski definition) is 2. The van der Waals surface area contributed by atoms with Crippen molar-refractivity contribution in [3.05, 3.63) is 40.8 Å². The van der Waals surface area contributed by atoms with Crippen molar-refractivity contribution in [2.45, 2.75) is 18.7 Å². The van der Waals surface area contributed by atoms with Gasteiger partial charge in [0.2, 0.25) is 0 Å². The first kappa shape index (κ1) is 9.88. The van der Waals surface area contributed by atoms with Crippen molar-refractivity contribution in [2.24, 2.45) is 0 Å². The normalized spacial score (nSPS) is 11.0. The van der Waals surface area contributed by atoms with Crippen molar-refractivity contribution >= 4 is 11.8 Å². The summed E-state index contributed by atoms with van der Waals surface area (Å²) < 4.78 is 0. The van der Waals surface area contributed by atoms with Gasteiger partial charge >= 0.3 is 0 Å². The van der Waals surface area contributed by atoms with E-state index in [9.17, 15) is 0 Å². The van der Waals surface area contributed by atoms with E-state index < -0.39 is 0 Å². The summed E-state index contributed by atoms with van der Waals surface area (Å²) in [5, 5.41) is 10.4. The quantitative estimate of drug-likeness (QED) is 0.525. The zero-order valence-corrected chi connectivity index (χ0v) is 8.56. The maximum atomic E-state index is 8.54. The van der Waals surface area contributed by atoms with Gasteiger partial charge in [-0.3, -0.25) is 0 Å². The summed E-state index contributed by atoms with van der Waals surface area (Å²) in [6.07, 6.45) is 0. The van der Waals surface area contributed by atoms with E-state index in [2.05, 4.69) is 25.1 Å². The van der Waals surface area contributed by atoms with Crippen LogP contribution in [0, 0.1) is 18.3 Å². The van der Waals surface area contributed by atoms with Gasteiger partial charge in [-0.15, -0.1) is 0 Å². The Hall–Kier alpha value is -1.20. The first-order chi connectivity index (χ1) is 6.22. The second-order valence-corrected chi connectivity index (χ2v) is 3.79. The molecule has 0 aliphatic heterocycles. The summed E-state index contributed by atoms with van der Waals surface area (Å²) in [5.41, 5.74) is 1.99. The fraction of sp³-hybridized carbons (Fsp3) is 0.182. The van der Waals surface area contributed by atoms with Crippen LogP contribution in [0.25, 0.3) is 0 Å². The second kappa shape index (κ2) is 4.74. The highest BCUT2D eigenvalue weighted by Crippen LogP contribution is 2.21. The molecular formula is C11H11NS. The molecule has 1 rings (SSSR count). The molecule has 0 aromatic heterocycles. The van der Waals surface area contributed by atoms with E-state index in [1.807, 2.05) is 24.5 Å². The molecule has 0 radical (unpaired) electrons. The summed E-state index contributed by atoms with van der Waals surface area (Å²) in [6, 6.07) is 10.3. The summed E-state index contributed by atoms with van der Waals surface area (Å²) in [5.74, 6) is 0. The average Bonchev–Trinajstić information content (AvgIpc) is 2.14. The van der Waals surface area contributed by atoms with Gasteiger partial charge in [-0.2, -0.15) is 5.26 Å². The number of allylic oxidation sites excluding steroid dienone is 1. The molecule has 2 heteroatoms. The molecule has 13 heavy (non-hydrogen) atoms. The fourth-order valence-electron chi connectivity index (χ4n) is 0.871. The standard InChI is InChI=1S/C11H11NS/c1-9-4-3-5-11(6-9)13-8-10(2)7-12/h3-6,8H,1-2H3. The molecule has 0 heterocycles. The highest BCUT2D eigenvalue weighted by Gasteiger charge is 1.91. The number of benzene rings is 1. The SMILES string of the molecule is CC(C#N)=CSc1cccc(C)c1. The third-order valence-corrected chi connectivity index (χ3v) is 2.54. The Bertz CT molecular complexity index is 361. The monoisotopic (exact) mass is 189 g/mol. The van der Waals surface area contributed by atoms with Crippen molar-refractivity contribution in [2.75, 3.05) is 0 Å². The Labute approximate surface area is 83.1 Å². The van der Waals surface area contributed by atoms with E-state index in [0.29, 0.717) is 0 Å². The first-order valence-electron chi connectivity index (χ1n) is 4.02. The van der Waals surface area contributed by atoms with E-state index in [0.717, 1.165) is 5.57 Å². The minimum absolute atomic E-state index is 0.742. The molecule has 0 saturated carbocycles. The van der Waals surface area contributed by atoms with Crippen LogP contribution in [0.15, 0.2) is 40.1 Å². The van der Waals surface area contributed by atoms with Crippen LogP contribution in [0.4, 0.5) is 0 Å². The van der Waals surface area contributed by atoms with Crippen LogP contribution in [0.1, 0.15) is 12.5 Å². The molecule has 0 N–H and O–H groups in total. The summed E-state index contributed by atoms with van der Waals surface area (Å²) in [4.78, 5) is 1.18. The Morgan fingerprint density at radius 2 is 2.31 bits per heavy atom. The van der Waals surface area contributed by atoms with E-state index in [-0.39, 0.29) is 0 Å². The molecule has 1 nitrogen and oxygen atoms in total. The molecule has 0 atom stereocenters. The predicted octanol–water partition coefficient (Wildman–Crippen LogP) is 3.51. The number of aryl methyl sites for hydroxylation is 1. The number of nitrogens with zero attached hydrogens (tertiary/aromatic N) is 1. The number of nitriles is 1. The third-order valence-electron chi connectivity index (χ3n) is 1.54. The summed E-state index contributed by atoms with van der Waals surface area (Å²) >= 11 is 1.58. The van der Waals surface area contributed by atoms with E-state index in [1.165, 1.54) is 10.5 Å². The van der Waals surface area contributed by atoms with Crippen molar-refractivity contribution in [3.63, 3.8) is 0 Å². The van der Waals surface area contributed by atoms with Gasteiger partial charge in [-0.1, -0.05) is 29.5 Å². The molecule has 1 aromatic rings. The van der Waals surface area contributed by atoms with Gasteiger partial charge in [0, 0.05) is 10.5 Å². The molecule has 0 aliphatic carbocycles. The predicted molar refractivity (Wildman–Crippen MR) is 56.4 cm³/mol. The van der Waals surface area contributed by atoms with Crippen LogP contribution < -0.4 is 0 Å². The maximum Gasteiger partial charge on any atom is 0.0949 e. The zero-order chi connectivity index (χ0) is 9.68. The first-order valence-corrected chi connectivity index (χ1v) is 4.90. The fourth-order valence-corrected chi connectivity index (χ4v) is 1.65. The number of hydrogen-bond donors (Lipinski definition) is 0. The third kappa shape index (κ3) is 3.35. The highest BCUT2D eigenvalue weighted by molar-refractivity contribution is 8.02. The average molecular weight is 189 g/mol. The van der Waals surface area contributed by atoms with Crippen LogP contribution in [-0.2, 0) is 0 Å². The topological polar surface area (TPSA) is 23.8 Å². The highest BCUT2D eigenvalue weighted by atomic mass is 32.2. The molecule has 0 saturated heterocycles. The lowest BCUT2D eigenvalue weighted by molar-refractivity contribution is 1.36. The Morgan fingerprint density at radius 3 is 2.92 bits per heavy atom. The maximum absolute atomic E-state index is 8.54.